The SMILES string of the molecule is O=C(Cc1cccc(Br)c1)Nc1cccc2c1CC(O)CC2. The molecule has 0 aromatic heterocycles. The van der Waals surface area contributed by atoms with Gasteiger partial charge in [0, 0.05) is 16.6 Å². The Morgan fingerprint density at radius 1 is 1.27 bits per heavy atom. The second-order valence-corrected chi connectivity index (χ2v) is 6.61. The van der Waals surface area contributed by atoms with Crippen molar-refractivity contribution in [2.75, 3.05) is 5.32 Å². The quantitative estimate of drug-likeness (QED) is 0.881. The number of anilines is 1. The molecular weight excluding hydrogens is 342 g/mol. The number of fused-ring (bicyclic) bond motifs is 1. The molecule has 1 unspecified atom stereocenters. The van der Waals surface area contributed by atoms with E-state index in [0.29, 0.717) is 12.8 Å². The van der Waals surface area contributed by atoms with Crippen LogP contribution in [0, 0.1) is 0 Å². The molecule has 0 spiro atoms. The molecular formula is C18H18BrNO2. The molecule has 114 valence electrons. The van der Waals surface area contributed by atoms with E-state index in [4.69, 9.17) is 0 Å². The molecule has 0 fully saturated rings. The first-order valence-electron chi connectivity index (χ1n) is 7.45. The maximum absolute atomic E-state index is 12.3. The van der Waals surface area contributed by atoms with Crippen molar-refractivity contribution in [2.45, 2.75) is 31.8 Å². The van der Waals surface area contributed by atoms with Crippen LogP contribution < -0.4 is 5.32 Å². The van der Waals surface area contributed by atoms with E-state index in [-0.39, 0.29) is 12.0 Å². The third-order valence-corrected chi connectivity index (χ3v) is 4.48. The van der Waals surface area contributed by atoms with E-state index in [9.17, 15) is 9.90 Å². The Kier molecular flexibility index (Phi) is 4.60. The molecule has 0 aliphatic heterocycles. The number of halogens is 1. The van der Waals surface area contributed by atoms with Crippen molar-refractivity contribution in [1.29, 1.82) is 0 Å². The first-order valence-corrected chi connectivity index (χ1v) is 8.24. The van der Waals surface area contributed by atoms with Crippen molar-refractivity contribution in [3.05, 3.63) is 63.6 Å². The molecule has 3 nitrogen and oxygen atoms in total. The van der Waals surface area contributed by atoms with Gasteiger partial charge >= 0.3 is 0 Å². The fourth-order valence-electron chi connectivity index (χ4n) is 2.91. The zero-order valence-electron chi connectivity index (χ0n) is 12.2. The van der Waals surface area contributed by atoms with Crippen LogP contribution in [0.25, 0.3) is 0 Å². The predicted octanol–water partition coefficient (Wildman–Crippen LogP) is 3.48. The highest BCUT2D eigenvalue weighted by Crippen LogP contribution is 2.28. The molecule has 3 rings (SSSR count). The summed E-state index contributed by atoms with van der Waals surface area (Å²) in [5.74, 6) is -0.0356. The minimum atomic E-state index is -0.310. The third-order valence-electron chi connectivity index (χ3n) is 3.99. The molecule has 0 bridgehead atoms. The number of aryl methyl sites for hydroxylation is 1. The molecule has 2 aromatic carbocycles. The lowest BCUT2D eigenvalue weighted by atomic mass is 9.88. The third kappa shape index (κ3) is 3.57. The predicted molar refractivity (Wildman–Crippen MR) is 90.9 cm³/mol. The summed E-state index contributed by atoms with van der Waals surface area (Å²) in [7, 11) is 0. The summed E-state index contributed by atoms with van der Waals surface area (Å²) >= 11 is 3.42. The van der Waals surface area contributed by atoms with Gasteiger partial charge in [0.2, 0.25) is 5.91 Å². The first-order chi connectivity index (χ1) is 10.6. The van der Waals surface area contributed by atoms with Gasteiger partial charge < -0.3 is 10.4 Å². The van der Waals surface area contributed by atoms with Crippen LogP contribution >= 0.6 is 15.9 Å². The van der Waals surface area contributed by atoms with Crippen molar-refractivity contribution in [1.82, 2.24) is 0 Å². The van der Waals surface area contributed by atoms with Crippen LogP contribution in [0.1, 0.15) is 23.1 Å². The number of amides is 1. The standard InChI is InChI=1S/C18H18BrNO2/c19-14-5-1-3-12(9-14)10-18(22)20-17-6-2-4-13-7-8-15(21)11-16(13)17/h1-6,9,15,21H,7-8,10-11H2,(H,20,22). The van der Waals surface area contributed by atoms with Crippen molar-refractivity contribution in [3.8, 4) is 0 Å². The average molecular weight is 360 g/mol. The fraction of sp³-hybridized carbons (Fsp3) is 0.278. The van der Waals surface area contributed by atoms with Gasteiger partial charge in [-0.05, 0) is 47.7 Å². The Hall–Kier alpha value is -1.65. The lowest BCUT2D eigenvalue weighted by molar-refractivity contribution is -0.115. The zero-order chi connectivity index (χ0) is 15.5. The van der Waals surface area contributed by atoms with Gasteiger partial charge in [0.1, 0.15) is 0 Å². The van der Waals surface area contributed by atoms with E-state index >= 15 is 0 Å². The molecule has 0 saturated heterocycles. The van der Waals surface area contributed by atoms with Crippen molar-refractivity contribution in [2.24, 2.45) is 0 Å². The average Bonchev–Trinajstić information content (AvgIpc) is 2.48. The number of hydrogen-bond acceptors (Lipinski definition) is 2. The summed E-state index contributed by atoms with van der Waals surface area (Å²) in [4.78, 5) is 12.3. The van der Waals surface area contributed by atoms with Gasteiger partial charge in [-0.15, -0.1) is 0 Å². The van der Waals surface area contributed by atoms with Crippen LogP contribution in [0.3, 0.4) is 0 Å². The van der Waals surface area contributed by atoms with Gasteiger partial charge in [0.05, 0.1) is 12.5 Å². The van der Waals surface area contributed by atoms with E-state index in [0.717, 1.165) is 34.1 Å². The Balaban J connectivity index is 1.74. The van der Waals surface area contributed by atoms with Crippen LogP contribution in [0.4, 0.5) is 5.69 Å². The molecule has 4 heteroatoms. The van der Waals surface area contributed by atoms with Crippen molar-refractivity contribution in [3.63, 3.8) is 0 Å². The van der Waals surface area contributed by atoms with Crippen LogP contribution in [0.5, 0.6) is 0 Å². The number of rotatable bonds is 3. The highest BCUT2D eigenvalue weighted by molar-refractivity contribution is 9.10. The van der Waals surface area contributed by atoms with Gasteiger partial charge in [0.15, 0.2) is 0 Å². The van der Waals surface area contributed by atoms with Gasteiger partial charge in [0.25, 0.3) is 0 Å². The number of nitrogens with one attached hydrogen (secondary N) is 1. The molecule has 2 aromatic rings. The molecule has 0 radical (unpaired) electrons. The lowest BCUT2D eigenvalue weighted by Crippen LogP contribution is -2.22. The largest absolute Gasteiger partial charge is 0.393 e. The second kappa shape index (κ2) is 6.63. The van der Waals surface area contributed by atoms with Crippen LogP contribution in [-0.2, 0) is 24.1 Å². The molecule has 1 atom stereocenters. The van der Waals surface area contributed by atoms with Gasteiger partial charge in [-0.1, -0.05) is 40.2 Å². The van der Waals surface area contributed by atoms with E-state index in [1.165, 1.54) is 5.56 Å². The van der Waals surface area contributed by atoms with E-state index in [2.05, 4.69) is 27.3 Å². The summed E-state index contributed by atoms with van der Waals surface area (Å²) in [6.07, 6.45) is 2.30. The minimum absolute atomic E-state index is 0.0356. The summed E-state index contributed by atoms with van der Waals surface area (Å²) in [6, 6.07) is 13.7. The van der Waals surface area contributed by atoms with Crippen molar-refractivity contribution >= 4 is 27.5 Å². The lowest BCUT2D eigenvalue weighted by Gasteiger charge is -2.23. The molecule has 0 heterocycles. The second-order valence-electron chi connectivity index (χ2n) is 5.69. The fourth-order valence-corrected chi connectivity index (χ4v) is 3.36. The molecule has 1 aliphatic carbocycles. The van der Waals surface area contributed by atoms with Gasteiger partial charge in [-0.3, -0.25) is 4.79 Å². The molecule has 1 amide bonds. The normalized spacial score (nSPS) is 16.9. The summed E-state index contributed by atoms with van der Waals surface area (Å²) in [5, 5.41) is 12.9. The monoisotopic (exact) mass is 359 g/mol. The zero-order valence-corrected chi connectivity index (χ0v) is 13.8. The van der Waals surface area contributed by atoms with Crippen LogP contribution in [-0.4, -0.2) is 17.1 Å². The topological polar surface area (TPSA) is 49.3 Å². The Morgan fingerprint density at radius 3 is 2.91 bits per heavy atom. The minimum Gasteiger partial charge on any atom is -0.393 e. The Morgan fingerprint density at radius 2 is 2.09 bits per heavy atom. The first kappa shape index (κ1) is 15.3. The maximum atomic E-state index is 12.3. The molecule has 1 aliphatic rings. The summed E-state index contributed by atoms with van der Waals surface area (Å²) in [6.45, 7) is 0. The summed E-state index contributed by atoms with van der Waals surface area (Å²) in [5.41, 5.74) is 4.10. The number of aliphatic hydroxyl groups is 1. The summed E-state index contributed by atoms with van der Waals surface area (Å²) < 4.78 is 0.970. The number of carbonyl (C=O) groups is 1. The number of hydrogen-bond donors (Lipinski definition) is 2. The molecule has 22 heavy (non-hydrogen) atoms. The molecule has 2 N–H and O–H groups in total. The van der Waals surface area contributed by atoms with Crippen LogP contribution in [0.15, 0.2) is 46.9 Å². The molecule has 0 saturated carbocycles. The van der Waals surface area contributed by atoms with Gasteiger partial charge in [-0.2, -0.15) is 0 Å². The Labute approximate surface area is 138 Å². The number of aliphatic hydroxyl groups excluding tert-OH is 1. The smallest absolute Gasteiger partial charge is 0.228 e. The van der Waals surface area contributed by atoms with E-state index < -0.39 is 0 Å². The van der Waals surface area contributed by atoms with Crippen molar-refractivity contribution < 1.29 is 9.90 Å². The number of benzene rings is 2. The van der Waals surface area contributed by atoms with E-state index in [1.54, 1.807) is 0 Å². The Bertz CT molecular complexity index is 699. The highest BCUT2D eigenvalue weighted by atomic mass is 79.9. The van der Waals surface area contributed by atoms with Gasteiger partial charge in [-0.25, -0.2) is 0 Å². The number of carbonyl (C=O) groups excluding carboxylic acids is 1. The van der Waals surface area contributed by atoms with Crippen LogP contribution in [0.2, 0.25) is 0 Å². The maximum Gasteiger partial charge on any atom is 0.228 e. The highest BCUT2D eigenvalue weighted by Gasteiger charge is 2.19. The van der Waals surface area contributed by atoms with E-state index in [1.807, 2.05) is 36.4 Å².